The Labute approximate surface area is 552 Å². The second-order valence-corrected chi connectivity index (χ2v) is 25.5. The molecule has 2 fully saturated rings. The molecule has 8 aromatic rings. The molecule has 7 aromatic carbocycles. The number of aromatic nitrogens is 2. The molecule has 1 aromatic heterocycles. The molecule has 95 heavy (non-hydrogen) atoms. The summed E-state index contributed by atoms with van der Waals surface area (Å²) in [7, 11) is -9.28. The Morgan fingerprint density at radius 2 is 0.979 bits per heavy atom. The van der Waals surface area contributed by atoms with Crippen LogP contribution in [0.5, 0.6) is 0 Å². The maximum atomic E-state index is 15.7. The zero-order valence-electron chi connectivity index (χ0n) is 52.3. The van der Waals surface area contributed by atoms with Gasteiger partial charge in [-0.3, -0.25) is 42.0 Å². The Bertz CT molecular complexity index is 3700. The first-order valence-electron chi connectivity index (χ1n) is 31.4. The molecule has 2 N–H and O–H groups in total. The number of anilines is 1. The van der Waals surface area contributed by atoms with Gasteiger partial charge in [0.25, 0.3) is 0 Å². The maximum Gasteiger partial charge on any atom is 0.475 e. The number of alkyl carbamates (subject to hydrolysis) is 1. The largest absolute Gasteiger partial charge is 0.475 e. The van der Waals surface area contributed by atoms with Gasteiger partial charge in [0.2, 0.25) is 5.62 Å². The first-order valence-corrected chi connectivity index (χ1v) is 34.4. The van der Waals surface area contributed by atoms with Crippen LogP contribution in [0.2, 0.25) is 0 Å². The summed E-state index contributed by atoms with van der Waals surface area (Å²) in [5, 5.41) is 5.41. The third kappa shape index (κ3) is 22.6. The summed E-state index contributed by atoms with van der Waals surface area (Å²) >= 11 is 0. The number of carbonyl (C=O) groups is 3. The summed E-state index contributed by atoms with van der Waals surface area (Å²) in [4.78, 5) is 50.3. The Kier molecular flexibility index (Phi) is 26.6. The van der Waals surface area contributed by atoms with Crippen molar-refractivity contribution in [2.24, 2.45) is 4.99 Å². The molecular weight excluding hydrogens is 1260 g/mol. The Morgan fingerprint density at radius 3 is 1.45 bits per heavy atom. The lowest BCUT2D eigenvalue weighted by Gasteiger charge is -2.32. The van der Waals surface area contributed by atoms with Gasteiger partial charge in [0, 0.05) is 19.3 Å². The lowest BCUT2D eigenvalue weighted by Crippen LogP contribution is -2.43. The number of nitrogens with one attached hydrogen (secondary N) is 2. The normalized spacial score (nSPS) is 17.7. The first kappa shape index (κ1) is 69.4. The summed E-state index contributed by atoms with van der Waals surface area (Å²) in [5.41, 5.74) is 4.97. The van der Waals surface area contributed by atoms with E-state index in [0.717, 1.165) is 29.5 Å². The van der Waals surface area contributed by atoms with Gasteiger partial charge in [-0.2, -0.15) is 4.98 Å². The molecule has 0 spiro atoms. The van der Waals surface area contributed by atoms with E-state index in [1.54, 1.807) is 59.3 Å². The number of esters is 1. The highest BCUT2D eigenvalue weighted by molar-refractivity contribution is 7.48. The standard InChI is InChI=1S/C71H77N5O17P2/c77-68(83-46-54-26-8-1-9-27-54)61(73-70(78)84-47-55-28-10-2-11-29-55)40-22-24-43-72-69-74-63(75-71(79)85-48-56-30-12-3-13-31-56)42-44-76(69)67-66(92-64-41-23-25-45-82-64)65(93-95(81,88-51-59-36-18-6-19-37-59)89-52-60-38-20-7-21-39-60)62(91-67)53-90-94(80,86-49-57-32-14-4-15-33-57)87-50-58-34-16-5-17-35-58/h1-21,26-39,42,44,61-62,64-67H,22-25,40-41,43,45-53H2,(H,73,78)(H,72,74,75,79)/t61-,62+,64?,65+,66+,67+/m0/s1. The van der Waals surface area contributed by atoms with Crippen LogP contribution in [0.3, 0.4) is 0 Å². The summed E-state index contributed by atoms with van der Waals surface area (Å²) in [5.74, 6) is -0.625. The number of benzene rings is 7. The summed E-state index contributed by atoms with van der Waals surface area (Å²) in [6.45, 7) is -0.960. The molecular formula is C71H77N5O17P2. The van der Waals surface area contributed by atoms with Crippen LogP contribution in [0.25, 0.3) is 0 Å². The van der Waals surface area contributed by atoms with Gasteiger partial charge in [-0.15, -0.1) is 0 Å². The van der Waals surface area contributed by atoms with Crippen LogP contribution >= 0.6 is 15.6 Å². The molecule has 1 unspecified atom stereocenters. The van der Waals surface area contributed by atoms with Crippen LogP contribution in [0.15, 0.2) is 230 Å². The van der Waals surface area contributed by atoms with E-state index in [2.05, 4.69) is 10.6 Å². The number of carbonyl (C=O) groups excluding carboxylic acids is 3. The topological polar surface area (TPSA) is 250 Å². The minimum Gasteiger partial charge on any atom is -0.459 e. The Hall–Kier alpha value is -8.47. The minimum atomic E-state index is -4.73. The zero-order chi connectivity index (χ0) is 65.8. The molecule has 2 amide bonds. The maximum absolute atomic E-state index is 15.7. The highest BCUT2D eigenvalue weighted by Gasteiger charge is 2.53. The number of hydrogen-bond donors (Lipinski definition) is 2. The van der Waals surface area contributed by atoms with Crippen molar-refractivity contribution in [3.8, 4) is 0 Å². The van der Waals surface area contributed by atoms with Crippen molar-refractivity contribution in [3.05, 3.63) is 269 Å². The minimum absolute atomic E-state index is 0.0114. The lowest BCUT2D eigenvalue weighted by atomic mass is 10.1. The van der Waals surface area contributed by atoms with Crippen LogP contribution < -0.4 is 16.3 Å². The molecule has 0 radical (unpaired) electrons. The van der Waals surface area contributed by atoms with E-state index < -0.39 is 77.3 Å². The Morgan fingerprint density at radius 1 is 0.526 bits per heavy atom. The third-order valence-corrected chi connectivity index (χ3v) is 17.8. The van der Waals surface area contributed by atoms with E-state index in [0.29, 0.717) is 48.1 Å². The molecule has 0 saturated carbocycles. The highest BCUT2D eigenvalue weighted by Crippen LogP contribution is 2.56. The quantitative estimate of drug-likeness (QED) is 0.0165. The van der Waals surface area contributed by atoms with E-state index in [1.165, 1.54) is 6.07 Å². The number of hydrogen-bond acceptors (Lipinski definition) is 19. The van der Waals surface area contributed by atoms with Crippen molar-refractivity contribution in [1.82, 2.24) is 14.9 Å². The molecule has 0 bridgehead atoms. The van der Waals surface area contributed by atoms with Crippen molar-refractivity contribution < 1.29 is 79.1 Å². The molecule has 2 saturated heterocycles. The SMILES string of the molecule is O=C(Nc1ccn([C@@H]2O[C@H](COP(=O)(OCc3ccccc3)OCc3ccccc3)[C@@H](OP(=O)(OCc3ccccc3)OCc3ccccc3)[C@H]2OC2CCCCO2)/c(=N/CCCC[C@H](NC(=O)OCc2ccccc2)C(=O)OCc2ccccc2)n1)OCc1ccccc1. The van der Waals surface area contributed by atoms with Gasteiger partial charge in [-0.05, 0) is 83.5 Å². The van der Waals surface area contributed by atoms with Crippen molar-refractivity contribution in [3.63, 3.8) is 0 Å². The van der Waals surface area contributed by atoms with Gasteiger partial charge in [0.15, 0.2) is 12.5 Å². The number of phosphoric ester groups is 2. The summed E-state index contributed by atoms with van der Waals surface area (Å²) in [6, 6.07) is 64.3. The lowest BCUT2D eigenvalue weighted by molar-refractivity contribution is -0.215. The first-order chi connectivity index (χ1) is 46.5. The molecule has 3 heterocycles. The van der Waals surface area contributed by atoms with Crippen LogP contribution in [0, 0.1) is 0 Å². The van der Waals surface area contributed by atoms with Crippen molar-refractivity contribution >= 4 is 39.6 Å². The fraction of sp³-hybridized carbons (Fsp3) is 0.310. The van der Waals surface area contributed by atoms with Crippen molar-refractivity contribution in [2.45, 2.75) is 122 Å². The smallest absolute Gasteiger partial charge is 0.459 e. The van der Waals surface area contributed by atoms with Gasteiger partial charge >= 0.3 is 33.8 Å². The van der Waals surface area contributed by atoms with Crippen LogP contribution in [-0.4, -0.2) is 78.1 Å². The van der Waals surface area contributed by atoms with Gasteiger partial charge < -0.3 is 33.7 Å². The van der Waals surface area contributed by atoms with Crippen molar-refractivity contribution in [1.29, 1.82) is 0 Å². The average Bonchev–Trinajstić information content (AvgIpc) is 1.63. The second kappa shape index (κ2) is 36.4. The number of nitrogens with zero attached hydrogens (tertiary/aromatic N) is 3. The summed E-state index contributed by atoms with van der Waals surface area (Å²) in [6.07, 6.45) is -3.57. The zero-order valence-corrected chi connectivity index (χ0v) is 54.1. The van der Waals surface area contributed by atoms with Gasteiger partial charge in [0.05, 0.1) is 33.0 Å². The molecule has 22 nitrogen and oxygen atoms in total. The number of unbranched alkanes of at least 4 members (excludes halogenated alkanes) is 1. The van der Waals surface area contributed by atoms with Crippen LogP contribution in [-0.2, 0) is 116 Å². The fourth-order valence-electron chi connectivity index (χ4n) is 10.1. The molecule has 498 valence electrons. The predicted molar refractivity (Wildman–Crippen MR) is 350 cm³/mol. The van der Waals surface area contributed by atoms with E-state index in [-0.39, 0.29) is 70.6 Å². The number of phosphoric acid groups is 2. The third-order valence-electron chi connectivity index (χ3n) is 15.0. The van der Waals surface area contributed by atoms with Gasteiger partial charge in [0.1, 0.15) is 50.0 Å². The van der Waals surface area contributed by atoms with Crippen LogP contribution in [0.4, 0.5) is 15.4 Å². The number of ether oxygens (including phenoxy) is 6. The average molecular weight is 1330 g/mol. The number of amides is 2. The predicted octanol–water partition coefficient (Wildman–Crippen LogP) is 14.0. The fourth-order valence-corrected chi connectivity index (χ4v) is 12.6. The molecule has 2 aliphatic rings. The highest BCUT2D eigenvalue weighted by atomic mass is 31.2. The summed E-state index contributed by atoms with van der Waals surface area (Å²) < 4.78 is 107. The van der Waals surface area contributed by atoms with Gasteiger partial charge in [-0.25, -0.2) is 23.5 Å². The van der Waals surface area contributed by atoms with E-state index in [1.807, 2.05) is 164 Å². The molecule has 2 aliphatic heterocycles. The second-order valence-electron chi connectivity index (χ2n) is 22.2. The number of rotatable bonds is 34. The van der Waals surface area contributed by atoms with Gasteiger partial charge in [-0.1, -0.05) is 212 Å². The van der Waals surface area contributed by atoms with E-state index in [4.69, 9.17) is 65.5 Å². The molecule has 0 aliphatic carbocycles. The molecule has 24 heteroatoms. The Balaban J connectivity index is 0.986. The van der Waals surface area contributed by atoms with E-state index >= 15 is 9.13 Å². The van der Waals surface area contributed by atoms with Crippen molar-refractivity contribution in [2.75, 3.05) is 25.1 Å². The molecule has 10 rings (SSSR count). The molecule has 6 atom stereocenters. The van der Waals surface area contributed by atoms with Crippen LogP contribution in [0.1, 0.15) is 83.7 Å². The monoisotopic (exact) mass is 1330 g/mol. The van der Waals surface area contributed by atoms with E-state index in [9.17, 15) is 14.4 Å².